The van der Waals surface area contributed by atoms with Crippen molar-refractivity contribution in [2.75, 3.05) is 42.4 Å². The number of amides is 2. The molecule has 0 saturated heterocycles. The summed E-state index contributed by atoms with van der Waals surface area (Å²) in [6.45, 7) is 60.8. The molecule has 2 saturated carbocycles. The van der Waals surface area contributed by atoms with Crippen molar-refractivity contribution in [3.8, 4) is 11.1 Å². The van der Waals surface area contributed by atoms with E-state index in [1.54, 1.807) is 4.13 Å². The van der Waals surface area contributed by atoms with E-state index in [1.807, 2.05) is 108 Å². The van der Waals surface area contributed by atoms with E-state index in [2.05, 4.69) is 294 Å². The molecule has 4 unspecified atom stereocenters. The zero-order valence-corrected chi connectivity index (χ0v) is 95.6. The Morgan fingerprint density at radius 3 is 1.42 bits per heavy atom. The molecule has 2 heterocycles. The van der Waals surface area contributed by atoms with E-state index in [4.69, 9.17) is 29.7 Å². The Bertz CT molecular complexity index is 6300. The van der Waals surface area contributed by atoms with Crippen molar-refractivity contribution in [1.82, 2.24) is 4.98 Å². The number of nitrogens with one attached hydrogen (secondary N) is 3. The van der Waals surface area contributed by atoms with Crippen molar-refractivity contribution >= 4 is 118 Å². The van der Waals surface area contributed by atoms with Gasteiger partial charge in [0.1, 0.15) is 30.6 Å². The molecule has 7 aromatic carbocycles. The van der Waals surface area contributed by atoms with Gasteiger partial charge < -0.3 is 49.5 Å². The van der Waals surface area contributed by atoms with Crippen molar-refractivity contribution < 1.29 is 92.6 Å². The summed E-state index contributed by atoms with van der Waals surface area (Å²) in [6, 6.07) is 50.8. The number of aliphatic carboxylic acids is 1. The minimum atomic E-state index is -5.92. The predicted molar refractivity (Wildman–Crippen MR) is 582 cm³/mol. The van der Waals surface area contributed by atoms with Gasteiger partial charge in [0.15, 0.2) is 15.9 Å². The molecule has 12 rings (SSSR count). The van der Waals surface area contributed by atoms with Gasteiger partial charge in [0.25, 0.3) is 5.97 Å². The molecule has 4 atom stereocenters. The number of sulfonamides is 2. The van der Waals surface area contributed by atoms with Crippen LogP contribution >= 0.6 is 0 Å². The van der Waals surface area contributed by atoms with Crippen LogP contribution in [0.4, 0.5) is 41.7 Å². The number of aryl methyl sites for hydroxylation is 6. The van der Waals surface area contributed by atoms with E-state index in [0.29, 0.717) is 84.0 Å². The standard InChI is InChI=1S/C69H102N4O6.C45H47N3.C2H3F3NO4S2.C2H4O2.Zn/c1-21-68(22-2,23-3)62(76)72-58-54(60(74)78-56-46(64(9,10)11)37-42(7)38-47(56)65(12,13)14)52(44-33-29-27-30-34-44)50(70-58)41-51-53(45-35-31-28-32-36-45)55(59(71-51)73-63(77)69(24-4,25-5)26-6)61(75)79-57-48(66(15,16)17)39-43(8)40-49(57)67(18,19)20;1-10-46-42-24-23-41(39-13-11-12-14-40(39)42)43(35-15-19-37(20-16-35)47(8)44-31(4)25-29(2)26-32(44)5)36-17-21-38(22-18-36)48(9)45-33(6)27-30(3)28-34(45)7;1-11(7,8)6-12(9,10)2(3,4)5;1-2(3)4;/h27-36,41-43,46-49,56-57H,21-26,37-40H2,1-20H3,(H3,70,71,72,73,74,75,76,77);11-28H,10H2,1-9H3;1H3;1H3,(H,3,4);/q;;-1;;. The molecule has 0 radical (unpaired) electrons. The molecule has 776 valence electrons. The summed E-state index contributed by atoms with van der Waals surface area (Å²) < 4.78 is 92.4. The number of nitrogens with zero attached hydrogens (tertiary/aromatic N) is 5. The Balaban J connectivity index is 0.000000327. The number of benzene rings is 7. The van der Waals surface area contributed by atoms with Gasteiger partial charge in [-0.3, -0.25) is 14.4 Å². The summed E-state index contributed by atoms with van der Waals surface area (Å²) in [5, 5.41) is 22.0. The Morgan fingerprint density at radius 1 is 0.583 bits per heavy atom. The molecule has 4 N–H and O–H groups in total. The van der Waals surface area contributed by atoms with E-state index >= 15 is 9.59 Å². The summed E-state index contributed by atoms with van der Waals surface area (Å²) in [5.41, 5.74) is 14.3. The first kappa shape index (κ1) is 119. The number of hydrogen-bond donors (Lipinski definition) is 4. The van der Waals surface area contributed by atoms with Crippen LogP contribution in [-0.4, -0.2) is 117 Å². The van der Waals surface area contributed by atoms with Gasteiger partial charge in [-0.15, -0.1) is 0 Å². The van der Waals surface area contributed by atoms with Crippen LogP contribution < -0.4 is 15.5 Å². The minimum Gasteiger partial charge on any atom is -0.481 e. The van der Waals surface area contributed by atoms with Crippen LogP contribution in [0.5, 0.6) is 0 Å². The van der Waals surface area contributed by atoms with Crippen molar-refractivity contribution in [2.24, 2.45) is 73.0 Å². The third kappa shape index (κ3) is 28.2. The summed E-state index contributed by atoms with van der Waals surface area (Å²) in [4.78, 5) is 81.2. The maximum absolute atomic E-state index is 15.9. The SMILES string of the molecule is CC(=O)O.CCC(CC)(CC)C(=O)N=C1[N-]C(=Cc2[nH]c(NC(=O)C(CC)(CC)CC)c(C(=O)OC3C(C(C)(C)C)CC(C)CC3C(C)(C)C)c2-c2ccccc2)C(c2ccccc2)=C1C(=O)OC1C(C(C)(C)C)CC(C)CC1C(C)(C)C.CCNc1ccc(C(=C2C=CC(=[N+](C)c3c(C)cc(C)cc3C)C=C2)c2ccc(N(C)c3c(C)cc(C)cc3C)cc2)c2ccccc12.CS(=O)(=O)[N-]S(=O)(=O)C(F)(F)F.[Zn]. The fourth-order valence-corrected chi connectivity index (χ4v) is 23.4. The first-order valence-corrected chi connectivity index (χ1v) is 53.7. The van der Waals surface area contributed by atoms with Gasteiger partial charge in [-0.05, 0) is 262 Å². The van der Waals surface area contributed by atoms with E-state index in [9.17, 15) is 39.6 Å². The molecule has 1 aliphatic heterocycles. The van der Waals surface area contributed by atoms with Gasteiger partial charge in [0.05, 0.1) is 15.6 Å². The maximum atomic E-state index is 15.9. The molecule has 0 bridgehead atoms. The first-order valence-electron chi connectivity index (χ1n) is 50.4. The molecular weight excluding hydrogens is 1910 g/mol. The van der Waals surface area contributed by atoms with E-state index < -0.39 is 66.5 Å². The number of halogens is 3. The summed E-state index contributed by atoms with van der Waals surface area (Å²) >= 11 is 0. The van der Waals surface area contributed by atoms with Gasteiger partial charge in [-0.25, -0.2) is 26.4 Å². The number of aromatic nitrogens is 1. The molecule has 3 aliphatic carbocycles. The van der Waals surface area contributed by atoms with E-state index in [0.717, 1.165) is 44.8 Å². The number of rotatable bonds is 25. The Labute approximate surface area is 869 Å². The maximum Gasteiger partial charge on any atom is 0.480 e. The number of carboxylic acids is 1. The molecular formula is C118H156F3N8O12S2Zn-. The number of aromatic amines is 1. The van der Waals surface area contributed by atoms with Crippen LogP contribution in [0, 0.1) is 110 Å². The van der Waals surface area contributed by atoms with Crippen molar-refractivity contribution in [1.29, 1.82) is 0 Å². The number of carbonyl (C=O) groups excluding carboxylic acids is 4. The number of allylic oxidation sites excluding steroid dienone is 6. The number of carboxylic acid groups (broad SMARTS) is 1. The van der Waals surface area contributed by atoms with Crippen molar-refractivity contribution in [3.05, 3.63) is 258 Å². The average Bonchev–Trinajstić information content (AvgIpc) is 1.55. The van der Waals surface area contributed by atoms with Crippen LogP contribution in [0.25, 0.3) is 48.6 Å². The number of amidine groups is 1. The number of hydrogen-bond acceptors (Lipinski definition) is 13. The van der Waals surface area contributed by atoms with E-state index in [1.165, 1.54) is 89.2 Å². The molecule has 26 heteroatoms. The second-order valence-electron chi connectivity index (χ2n) is 44.0. The van der Waals surface area contributed by atoms with Crippen LogP contribution in [0.15, 0.2) is 192 Å². The second kappa shape index (κ2) is 48.3. The zero-order valence-electron chi connectivity index (χ0n) is 91.0. The Hall–Kier alpha value is -10.7. The minimum absolute atomic E-state index is 0. The quantitative estimate of drug-likeness (QED) is 0.0235. The molecule has 2 fully saturated rings. The topological polar surface area (TPSA) is 279 Å². The predicted octanol–water partition coefficient (Wildman–Crippen LogP) is 29.6. The second-order valence-corrected chi connectivity index (χ2v) is 47.5. The van der Waals surface area contributed by atoms with Crippen LogP contribution in [0.2, 0.25) is 0 Å². The molecule has 4 aliphatic rings. The number of fused-ring (bicyclic) bond motifs is 1. The summed E-state index contributed by atoms with van der Waals surface area (Å²) in [5.74, 6) is -1.17. The normalized spacial score (nSPS) is 19.1. The van der Waals surface area contributed by atoms with Crippen LogP contribution in [0.3, 0.4) is 0 Å². The van der Waals surface area contributed by atoms with E-state index in [-0.39, 0.29) is 106 Å². The number of carbonyl (C=O) groups is 5. The van der Waals surface area contributed by atoms with Gasteiger partial charge in [-0.2, -0.15) is 17.7 Å². The number of H-pyrrole nitrogens is 1. The Morgan fingerprint density at radius 2 is 1.01 bits per heavy atom. The van der Waals surface area contributed by atoms with Gasteiger partial charge >= 0.3 is 17.4 Å². The fourth-order valence-electron chi connectivity index (χ4n) is 21.6. The van der Waals surface area contributed by atoms with Crippen LogP contribution in [0.1, 0.15) is 283 Å². The average molecular weight is 2070 g/mol. The van der Waals surface area contributed by atoms with Crippen molar-refractivity contribution in [2.45, 2.75) is 276 Å². The third-order valence-corrected chi connectivity index (χ3v) is 32.0. The number of aliphatic imine (C=N–C) groups is 1. The van der Waals surface area contributed by atoms with Gasteiger partial charge in [0.2, 0.25) is 17.3 Å². The fraction of sp³-hybridized carbons (Fsp3) is 0.483. The van der Waals surface area contributed by atoms with Gasteiger partial charge in [0, 0.05) is 138 Å². The molecule has 2 amide bonds. The monoisotopic (exact) mass is 2060 g/mol. The smallest absolute Gasteiger partial charge is 0.480 e. The molecule has 1 aromatic heterocycles. The van der Waals surface area contributed by atoms with Crippen LogP contribution in [-0.2, 0) is 68.2 Å². The third-order valence-electron chi connectivity index (χ3n) is 29.5. The number of anilines is 4. The number of esters is 2. The number of ether oxygens (including phenoxy) is 2. The first-order chi connectivity index (χ1) is 66.6. The van der Waals surface area contributed by atoms with Crippen molar-refractivity contribution in [3.63, 3.8) is 0 Å². The van der Waals surface area contributed by atoms with Gasteiger partial charge in [-0.1, -0.05) is 265 Å². The molecule has 8 aromatic rings. The largest absolute Gasteiger partial charge is 0.481 e. The summed E-state index contributed by atoms with van der Waals surface area (Å²) in [6.07, 6.45) is 17.4. The molecule has 0 spiro atoms. The zero-order chi connectivity index (χ0) is 107. The summed E-state index contributed by atoms with van der Waals surface area (Å²) in [7, 11) is -6.13. The Kier molecular flexibility index (Phi) is 39.8. The number of alkyl halides is 3. The molecule has 144 heavy (non-hydrogen) atoms. The molecule has 20 nitrogen and oxygen atoms in total.